The number of pyridine rings is 2. The average Bonchev–Trinajstić information content (AvgIpc) is 2.59. The van der Waals surface area contributed by atoms with Gasteiger partial charge in [-0.05, 0) is 42.8 Å². The van der Waals surface area contributed by atoms with Crippen molar-refractivity contribution in [2.24, 2.45) is 5.10 Å². The number of benzene rings is 1. The molecule has 3 rings (SSSR count). The Morgan fingerprint density at radius 2 is 2.00 bits per heavy atom. The lowest BCUT2D eigenvalue weighted by Gasteiger charge is -2.04. The van der Waals surface area contributed by atoms with Crippen molar-refractivity contribution in [3.05, 3.63) is 74.6 Å². The number of aromatic amines is 1. The lowest BCUT2D eigenvalue weighted by Crippen LogP contribution is -2.27. The molecule has 3 aromatic rings. The van der Waals surface area contributed by atoms with Gasteiger partial charge in [0.1, 0.15) is 11.2 Å². The van der Waals surface area contributed by atoms with E-state index in [0.717, 1.165) is 10.0 Å². The van der Waals surface area contributed by atoms with Gasteiger partial charge in [-0.25, -0.2) is 10.4 Å². The summed E-state index contributed by atoms with van der Waals surface area (Å²) < 4.78 is 0.958. The molecule has 0 bridgehead atoms. The molecule has 24 heavy (non-hydrogen) atoms. The van der Waals surface area contributed by atoms with Gasteiger partial charge in [0.25, 0.3) is 11.5 Å². The number of amides is 1. The number of halogens is 1. The van der Waals surface area contributed by atoms with Gasteiger partial charge >= 0.3 is 0 Å². The van der Waals surface area contributed by atoms with Crippen molar-refractivity contribution in [2.45, 2.75) is 6.92 Å². The molecule has 0 aliphatic carbocycles. The van der Waals surface area contributed by atoms with Gasteiger partial charge in [0.15, 0.2) is 0 Å². The van der Waals surface area contributed by atoms with E-state index in [1.165, 1.54) is 6.07 Å². The average molecular weight is 385 g/mol. The van der Waals surface area contributed by atoms with Crippen molar-refractivity contribution in [2.75, 3.05) is 0 Å². The van der Waals surface area contributed by atoms with Crippen molar-refractivity contribution in [1.29, 1.82) is 0 Å². The number of nitrogens with zero attached hydrogens (tertiary/aromatic N) is 2. The minimum Gasteiger partial charge on any atom is -0.306 e. The number of hydrogen-bond acceptors (Lipinski definition) is 4. The summed E-state index contributed by atoms with van der Waals surface area (Å²) in [6, 6.07) is 12.5. The second-order valence-electron chi connectivity index (χ2n) is 5.10. The van der Waals surface area contributed by atoms with E-state index in [2.05, 4.69) is 36.4 Å². The minimum absolute atomic E-state index is 0.0112. The number of rotatable bonds is 3. The van der Waals surface area contributed by atoms with Crippen LogP contribution in [0.15, 0.2) is 63.0 Å². The van der Waals surface area contributed by atoms with E-state index in [9.17, 15) is 9.59 Å². The lowest BCUT2D eigenvalue weighted by molar-refractivity contribution is 0.0953. The van der Waals surface area contributed by atoms with Gasteiger partial charge in [0.05, 0.1) is 5.71 Å². The predicted octanol–water partition coefficient (Wildman–Crippen LogP) is 2.84. The molecule has 0 spiro atoms. The topological polar surface area (TPSA) is 87.2 Å². The number of carbonyl (C=O) groups is 1. The SMILES string of the molecule is C/C(=N\NC(=O)c1cc2cccnc2[nH]c1=O)c1ccc(Br)cc1. The number of carbonyl (C=O) groups excluding carboxylic acids is 1. The third-order valence-electron chi connectivity index (χ3n) is 3.45. The van der Waals surface area contributed by atoms with Gasteiger partial charge < -0.3 is 4.98 Å². The molecule has 1 aromatic carbocycles. The van der Waals surface area contributed by atoms with E-state index in [1.54, 1.807) is 25.3 Å². The number of nitrogens with one attached hydrogen (secondary N) is 2. The molecule has 0 saturated carbocycles. The normalized spacial score (nSPS) is 11.5. The molecule has 0 radical (unpaired) electrons. The number of H-pyrrole nitrogens is 1. The van der Waals surface area contributed by atoms with Crippen molar-refractivity contribution in [1.82, 2.24) is 15.4 Å². The summed E-state index contributed by atoms with van der Waals surface area (Å²) in [7, 11) is 0. The van der Waals surface area contributed by atoms with Crippen LogP contribution in [0, 0.1) is 0 Å². The Morgan fingerprint density at radius 3 is 2.75 bits per heavy atom. The van der Waals surface area contributed by atoms with Crippen LogP contribution in [0.2, 0.25) is 0 Å². The number of fused-ring (bicyclic) bond motifs is 1. The summed E-state index contributed by atoms with van der Waals surface area (Å²) in [4.78, 5) is 30.9. The Bertz CT molecular complexity index is 993. The second-order valence-corrected chi connectivity index (χ2v) is 6.01. The summed E-state index contributed by atoms with van der Waals surface area (Å²) >= 11 is 3.36. The molecule has 0 fully saturated rings. The fourth-order valence-electron chi connectivity index (χ4n) is 2.15. The molecular weight excluding hydrogens is 372 g/mol. The summed E-state index contributed by atoms with van der Waals surface area (Å²) in [6.07, 6.45) is 1.57. The molecule has 0 unspecified atom stereocenters. The van der Waals surface area contributed by atoms with Crippen LogP contribution in [0.3, 0.4) is 0 Å². The molecule has 120 valence electrons. The number of hydrogen-bond donors (Lipinski definition) is 2. The van der Waals surface area contributed by atoms with E-state index in [4.69, 9.17) is 0 Å². The monoisotopic (exact) mass is 384 g/mol. The van der Waals surface area contributed by atoms with Crippen LogP contribution in [-0.4, -0.2) is 21.6 Å². The zero-order valence-corrected chi connectivity index (χ0v) is 14.3. The molecule has 6 nitrogen and oxygen atoms in total. The third kappa shape index (κ3) is 3.41. The van der Waals surface area contributed by atoms with Crippen LogP contribution in [0.4, 0.5) is 0 Å². The molecule has 0 aliphatic heterocycles. The molecule has 0 aliphatic rings. The highest BCUT2D eigenvalue weighted by molar-refractivity contribution is 9.10. The first-order chi connectivity index (χ1) is 11.5. The Labute approximate surface area is 145 Å². The highest BCUT2D eigenvalue weighted by Crippen LogP contribution is 2.11. The zero-order chi connectivity index (χ0) is 17.1. The zero-order valence-electron chi connectivity index (χ0n) is 12.7. The van der Waals surface area contributed by atoms with Crippen LogP contribution in [0.5, 0.6) is 0 Å². The molecule has 0 saturated heterocycles. The summed E-state index contributed by atoms with van der Waals surface area (Å²) in [6.45, 7) is 1.78. The summed E-state index contributed by atoms with van der Waals surface area (Å²) in [5, 5.41) is 4.73. The van der Waals surface area contributed by atoms with Crippen molar-refractivity contribution in [3.63, 3.8) is 0 Å². The lowest BCUT2D eigenvalue weighted by atomic mass is 10.1. The van der Waals surface area contributed by atoms with Crippen LogP contribution in [0.25, 0.3) is 11.0 Å². The van der Waals surface area contributed by atoms with Crippen molar-refractivity contribution >= 4 is 38.6 Å². The summed E-state index contributed by atoms with van der Waals surface area (Å²) in [5.41, 5.74) is 3.84. The first kappa shape index (κ1) is 16.1. The first-order valence-electron chi connectivity index (χ1n) is 7.13. The Kier molecular flexibility index (Phi) is 4.52. The van der Waals surface area contributed by atoms with Crippen molar-refractivity contribution < 1.29 is 4.79 Å². The predicted molar refractivity (Wildman–Crippen MR) is 96.2 cm³/mol. The van der Waals surface area contributed by atoms with Crippen molar-refractivity contribution in [3.8, 4) is 0 Å². The standard InChI is InChI=1S/C17H13BrN4O2/c1-10(11-4-6-13(18)7-5-11)21-22-17(24)14-9-12-3-2-8-19-15(12)20-16(14)23/h2-9H,1H3,(H,22,24)(H,19,20,23)/b21-10+. The highest BCUT2D eigenvalue weighted by Gasteiger charge is 2.11. The highest BCUT2D eigenvalue weighted by atomic mass is 79.9. The second kappa shape index (κ2) is 6.76. The van der Waals surface area contributed by atoms with Gasteiger partial charge in [0.2, 0.25) is 0 Å². The van der Waals surface area contributed by atoms with E-state index in [0.29, 0.717) is 16.7 Å². The first-order valence-corrected chi connectivity index (χ1v) is 7.92. The molecule has 2 aromatic heterocycles. The van der Waals surface area contributed by atoms with Crippen LogP contribution in [-0.2, 0) is 0 Å². The molecule has 2 N–H and O–H groups in total. The molecule has 0 atom stereocenters. The van der Waals surface area contributed by atoms with Crippen LogP contribution >= 0.6 is 15.9 Å². The molecule has 1 amide bonds. The molecular formula is C17H13BrN4O2. The summed E-state index contributed by atoms with van der Waals surface area (Å²) in [5.74, 6) is -0.571. The Balaban J connectivity index is 1.84. The third-order valence-corrected chi connectivity index (χ3v) is 3.98. The maximum Gasteiger partial charge on any atom is 0.276 e. The largest absolute Gasteiger partial charge is 0.306 e. The Morgan fingerprint density at radius 1 is 1.25 bits per heavy atom. The number of aromatic nitrogens is 2. The van der Waals surface area contributed by atoms with Gasteiger partial charge in [0, 0.05) is 16.1 Å². The van der Waals surface area contributed by atoms with E-state index in [1.807, 2.05) is 24.3 Å². The fraction of sp³-hybridized carbons (Fsp3) is 0.0588. The Hall–Kier alpha value is -2.80. The minimum atomic E-state index is -0.571. The quantitative estimate of drug-likeness (QED) is 0.537. The van der Waals surface area contributed by atoms with Gasteiger partial charge in [-0.2, -0.15) is 5.10 Å². The van der Waals surface area contributed by atoms with E-state index >= 15 is 0 Å². The molecule has 7 heteroatoms. The smallest absolute Gasteiger partial charge is 0.276 e. The van der Waals surface area contributed by atoms with Gasteiger partial charge in [-0.15, -0.1) is 0 Å². The fourth-order valence-corrected chi connectivity index (χ4v) is 2.42. The van der Waals surface area contributed by atoms with E-state index < -0.39 is 11.5 Å². The molecule has 2 heterocycles. The van der Waals surface area contributed by atoms with E-state index in [-0.39, 0.29) is 5.56 Å². The maximum atomic E-state index is 12.2. The van der Waals surface area contributed by atoms with Crippen LogP contribution < -0.4 is 11.0 Å². The number of hydrazone groups is 1. The van der Waals surface area contributed by atoms with Gasteiger partial charge in [-0.3, -0.25) is 9.59 Å². The van der Waals surface area contributed by atoms with Gasteiger partial charge in [-0.1, -0.05) is 28.1 Å². The maximum absolute atomic E-state index is 12.2. The van der Waals surface area contributed by atoms with Crippen LogP contribution in [0.1, 0.15) is 22.8 Å².